The number of carbonyl (C=O) groups is 1. The molecule has 5 rings (SSSR count). The van der Waals surface area contributed by atoms with Crippen LogP contribution in [0.25, 0.3) is 5.65 Å². The van der Waals surface area contributed by atoms with Gasteiger partial charge in [-0.3, -0.25) is 9.59 Å². The molecule has 3 aromatic rings. The molecule has 0 radical (unpaired) electrons. The molecule has 3 aromatic heterocycles. The van der Waals surface area contributed by atoms with E-state index in [1.165, 1.54) is 23.6 Å². The monoisotopic (exact) mass is 485 g/mol. The van der Waals surface area contributed by atoms with Crippen LogP contribution in [0.3, 0.4) is 0 Å². The lowest BCUT2D eigenvalue weighted by Crippen LogP contribution is -2.50. The molecule has 1 unspecified atom stereocenters. The molecule has 3 N–H and O–H groups in total. The highest BCUT2D eigenvalue weighted by molar-refractivity contribution is 6.00. The van der Waals surface area contributed by atoms with E-state index in [0.717, 1.165) is 6.42 Å². The molecule has 2 atom stereocenters. The van der Waals surface area contributed by atoms with Crippen LogP contribution in [0.1, 0.15) is 49.4 Å². The van der Waals surface area contributed by atoms with Crippen LogP contribution in [-0.4, -0.2) is 44.1 Å². The number of nitrogens with one attached hydrogen (secondary N) is 3. The lowest BCUT2D eigenvalue weighted by atomic mass is 9.88. The molecular formula is C24H29F2N7O2. The molecule has 11 heteroatoms. The maximum atomic E-state index is 13.2. The fourth-order valence-corrected chi connectivity index (χ4v) is 5.05. The summed E-state index contributed by atoms with van der Waals surface area (Å²) in [5.74, 6) is -1.26. The smallest absolute Gasteiger partial charge is 0.274 e. The molecule has 1 amide bonds. The second kappa shape index (κ2) is 8.94. The molecule has 35 heavy (non-hydrogen) atoms. The first-order valence-corrected chi connectivity index (χ1v) is 12.0. The highest BCUT2D eigenvalue weighted by atomic mass is 19.3. The first-order chi connectivity index (χ1) is 16.7. The van der Waals surface area contributed by atoms with Crippen LogP contribution >= 0.6 is 0 Å². The Morgan fingerprint density at radius 1 is 1.29 bits per heavy atom. The van der Waals surface area contributed by atoms with Crippen molar-refractivity contribution in [3.05, 3.63) is 46.5 Å². The van der Waals surface area contributed by atoms with Crippen LogP contribution in [0, 0.1) is 11.8 Å². The maximum absolute atomic E-state index is 13.2. The van der Waals surface area contributed by atoms with Gasteiger partial charge in [-0.2, -0.15) is 9.61 Å². The summed E-state index contributed by atoms with van der Waals surface area (Å²) in [5, 5.41) is 12.9. The van der Waals surface area contributed by atoms with Gasteiger partial charge < -0.3 is 20.5 Å². The predicted molar refractivity (Wildman–Crippen MR) is 128 cm³/mol. The number of rotatable bonds is 7. The highest BCUT2D eigenvalue weighted by Crippen LogP contribution is 2.37. The summed E-state index contributed by atoms with van der Waals surface area (Å²) in [6.45, 7) is 2.91. The first kappa shape index (κ1) is 23.3. The van der Waals surface area contributed by atoms with Gasteiger partial charge in [0.1, 0.15) is 22.9 Å². The van der Waals surface area contributed by atoms with Gasteiger partial charge in [-0.25, -0.2) is 13.8 Å². The van der Waals surface area contributed by atoms with E-state index in [9.17, 15) is 18.4 Å². The molecule has 2 fully saturated rings. The molecular weight excluding hydrogens is 456 g/mol. The lowest BCUT2D eigenvalue weighted by Gasteiger charge is -2.35. The van der Waals surface area contributed by atoms with Crippen molar-refractivity contribution in [3.8, 4) is 0 Å². The third-order valence-electron chi connectivity index (χ3n) is 7.15. The van der Waals surface area contributed by atoms with Gasteiger partial charge in [0.25, 0.3) is 17.4 Å². The van der Waals surface area contributed by atoms with Crippen molar-refractivity contribution in [3.63, 3.8) is 0 Å². The summed E-state index contributed by atoms with van der Waals surface area (Å²) in [6, 6.07) is 4.63. The van der Waals surface area contributed by atoms with Crippen LogP contribution in [0.4, 0.5) is 26.1 Å². The molecule has 9 nitrogen and oxygen atoms in total. The molecule has 0 spiro atoms. The van der Waals surface area contributed by atoms with Gasteiger partial charge in [-0.1, -0.05) is 19.8 Å². The molecule has 0 aromatic carbocycles. The molecule has 2 aliphatic carbocycles. The second-order valence-corrected chi connectivity index (χ2v) is 9.68. The van der Waals surface area contributed by atoms with Gasteiger partial charge >= 0.3 is 0 Å². The zero-order valence-corrected chi connectivity index (χ0v) is 19.7. The topological polar surface area (TPSA) is 105 Å². The number of nitrogens with zero attached hydrogens (tertiary/aromatic N) is 4. The Labute approximate surface area is 200 Å². The van der Waals surface area contributed by atoms with E-state index in [1.807, 2.05) is 6.07 Å². The summed E-state index contributed by atoms with van der Waals surface area (Å²) >= 11 is 0. The Morgan fingerprint density at radius 2 is 2.09 bits per heavy atom. The van der Waals surface area contributed by atoms with Crippen LogP contribution in [0.15, 0.2) is 35.4 Å². The predicted octanol–water partition coefficient (Wildman–Crippen LogP) is 3.64. The van der Waals surface area contributed by atoms with Crippen molar-refractivity contribution < 1.29 is 13.6 Å². The van der Waals surface area contributed by atoms with E-state index < -0.39 is 17.9 Å². The average Bonchev–Trinajstić information content (AvgIpc) is 3.40. The van der Waals surface area contributed by atoms with Crippen molar-refractivity contribution in [2.45, 2.75) is 57.5 Å². The van der Waals surface area contributed by atoms with Crippen LogP contribution in [0.2, 0.25) is 0 Å². The second-order valence-electron chi connectivity index (χ2n) is 9.68. The van der Waals surface area contributed by atoms with E-state index in [2.05, 4.69) is 33.0 Å². The fourth-order valence-electron chi connectivity index (χ4n) is 5.05. The van der Waals surface area contributed by atoms with Crippen molar-refractivity contribution >= 4 is 28.9 Å². The summed E-state index contributed by atoms with van der Waals surface area (Å²) in [5.41, 5.74) is 0.649. The van der Waals surface area contributed by atoms with Crippen LogP contribution < -0.4 is 21.5 Å². The molecule has 0 aliphatic heterocycles. The van der Waals surface area contributed by atoms with E-state index in [1.54, 1.807) is 29.9 Å². The van der Waals surface area contributed by atoms with Crippen molar-refractivity contribution in [2.75, 3.05) is 17.7 Å². The number of halogens is 2. The number of alkyl halides is 2. The van der Waals surface area contributed by atoms with Gasteiger partial charge in [-0.05, 0) is 30.4 Å². The van der Waals surface area contributed by atoms with Crippen molar-refractivity contribution in [1.29, 1.82) is 0 Å². The number of amides is 1. The number of anilines is 3. The van der Waals surface area contributed by atoms with Gasteiger partial charge in [0.2, 0.25) is 0 Å². The molecule has 3 heterocycles. The zero-order chi connectivity index (χ0) is 24.7. The van der Waals surface area contributed by atoms with Crippen molar-refractivity contribution in [1.82, 2.24) is 24.5 Å². The van der Waals surface area contributed by atoms with Crippen LogP contribution in [0.5, 0.6) is 0 Å². The Hall–Kier alpha value is -3.50. The average molecular weight is 486 g/mol. The summed E-state index contributed by atoms with van der Waals surface area (Å²) < 4.78 is 29.5. The standard InChI is InChI=1S/C24H29F2N7O2/c1-14-5-3-6-15(14)13-32-8-4-7-18(23(32)35)30-19-9-20(27-2)33-21(31-19)17(12-28-33)22(34)29-16-10-24(25,26)11-16/h4,7-9,12,14-16,27H,3,5-6,10-11,13H2,1-2H3,(H,29,34)(H,30,31)/t14?,15-/m0/s1. The number of hydrogen-bond donors (Lipinski definition) is 3. The lowest BCUT2D eigenvalue weighted by molar-refractivity contribution is -0.0901. The maximum Gasteiger partial charge on any atom is 0.274 e. The quantitative estimate of drug-likeness (QED) is 0.472. The van der Waals surface area contributed by atoms with Gasteiger partial charge in [0.15, 0.2) is 5.65 Å². The Kier molecular flexibility index (Phi) is 5.94. The number of fused-ring (bicyclic) bond motifs is 1. The summed E-state index contributed by atoms with van der Waals surface area (Å²) in [7, 11) is 1.70. The minimum Gasteiger partial charge on any atom is -0.373 e. The number of aromatic nitrogens is 4. The van der Waals surface area contributed by atoms with E-state index in [4.69, 9.17) is 0 Å². The fraction of sp³-hybridized carbons (Fsp3) is 0.500. The third kappa shape index (κ3) is 4.59. The largest absolute Gasteiger partial charge is 0.373 e. The number of carbonyl (C=O) groups excluding carboxylic acids is 1. The van der Waals surface area contributed by atoms with Gasteiger partial charge in [-0.15, -0.1) is 0 Å². The molecule has 2 saturated carbocycles. The van der Waals surface area contributed by atoms with Gasteiger partial charge in [0.05, 0.1) is 6.20 Å². The minimum atomic E-state index is -2.73. The minimum absolute atomic E-state index is 0.142. The zero-order valence-electron chi connectivity index (χ0n) is 19.7. The summed E-state index contributed by atoms with van der Waals surface area (Å²) in [4.78, 5) is 30.4. The van der Waals surface area contributed by atoms with Crippen molar-refractivity contribution in [2.24, 2.45) is 11.8 Å². The SMILES string of the molecule is CNc1cc(Nc2cccn(C[C@@H]3CCCC3C)c2=O)nc2c(C(=O)NC3CC(F)(F)C3)cnn12. The normalized spacial score (nSPS) is 21.6. The molecule has 2 aliphatic rings. The van der Waals surface area contributed by atoms with E-state index in [-0.39, 0.29) is 29.6 Å². The Morgan fingerprint density at radius 3 is 2.77 bits per heavy atom. The van der Waals surface area contributed by atoms with E-state index in [0.29, 0.717) is 35.7 Å². The first-order valence-electron chi connectivity index (χ1n) is 12.0. The Bertz CT molecular complexity index is 1310. The number of hydrogen-bond acceptors (Lipinski definition) is 6. The van der Waals surface area contributed by atoms with Gasteiger partial charge in [0, 0.05) is 44.7 Å². The molecule has 0 bridgehead atoms. The Balaban J connectivity index is 1.41. The molecule has 0 saturated heterocycles. The third-order valence-corrected chi connectivity index (χ3v) is 7.15. The number of pyridine rings is 1. The highest BCUT2D eigenvalue weighted by Gasteiger charge is 2.46. The van der Waals surface area contributed by atoms with Crippen LogP contribution in [-0.2, 0) is 6.54 Å². The summed E-state index contributed by atoms with van der Waals surface area (Å²) in [6.07, 6.45) is 5.92. The molecule has 186 valence electrons. The van der Waals surface area contributed by atoms with E-state index >= 15 is 0 Å².